The third-order valence-corrected chi connectivity index (χ3v) is 8.75. The van der Waals surface area contributed by atoms with Crippen molar-refractivity contribution in [2.24, 2.45) is 39.1 Å². The van der Waals surface area contributed by atoms with Crippen molar-refractivity contribution < 1.29 is 0 Å². The van der Waals surface area contributed by atoms with Gasteiger partial charge in [0.15, 0.2) is 17.3 Å². The van der Waals surface area contributed by atoms with Crippen molar-refractivity contribution >= 4 is 50.7 Å². The van der Waals surface area contributed by atoms with Crippen molar-refractivity contribution in [2.45, 2.75) is 12.6 Å². The molecule has 6 aromatic rings. The summed E-state index contributed by atoms with van der Waals surface area (Å²) >= 11 is 0. The fourth-order valence-electron chi connectivity index (χ4n) is 6.65. The Morgan fingerprint density at radius 3 is 1.77 bits per heavy atom. The van der Waals surface area contributed by atoms with Crippen molar-refractivity contribution in [2.75, 3.05) is 0 Å². The van der Waals surface area contributed by atoms with Crippen LogP contribution in [0.1, 0.15) is 29.2 Å². The van der Waals surface area contributed by atoms with Crippen LogP contribution in [0, 0.1) is 0 Å². The van der Waals surface area contributed by atoms with Crippen molar-refractivity contribution in [1.82, 2.24) is 14.5 Å². The monoisotopic (exact) mass is 558 g/mol. The first-order valence-corrected chi connectivity index (χ1v) is 14.3. The van der Waals surface area contributed by atoms with E-state index in [1.807, 2.05) is 56.6 Å². The zero-order valence-corrected chi connectivity index (χ0v) is 23.9. The Morgan fingerprint density at radius 2 is 1.07 bits per heavy atom. The molecule has 8 bridgehead atoms. The smallest absolute Gasteiger partial charge is 0.164 e. The van der Waals surface area contributed by atoms with Crippen LogP contribution in [0.5, 0.6) is 0 Å². The fourth-order valence-corrected chi connectivity index (χ4v) is 6.65. The molecule has 9 rings (SSSR count). The van der Waals surface area contributed by atoms with Gasteiger partial charge in [0, 0.05) is 57.9 Å². The molecular formula is C35H26N8. The summed E-state index contributed by atoms with van der Waals surface area (Å²) in [6.07, 6.45) is 0. The summed E-state index contributed by atoms with van der Waals surface area (Å²) in [5, 5.41) is 7.77. The normalized spacial score (nSPS) is 22.3. The van der Waals surface area contributed by atoms with Crippen molar-refractivity contribution in [3.05, 3.63) is 130 Å². The van der Waals surface area contributed by atoms with Gasteiger partial charge in [-0.3, -0.25) is 0 Å². The molecule has 0 saturated heterocycles. The first-order valence-electron chi connectivity index (χ1n) is 14.3. The highest BCUT2D eigenvalue weighted by Gasteiger charge is 2.38. The van der Waals surface area contributed by atoms with Crippen LogP contribution in [0.15, 0.2) is 122 Å². The molecule has 5 heterocycles. The number of nitrogens with one attached hydrogen (secondary N) is 1. The number of hydrogen-bond acceptors (Lipinski definition) is 6. The number of aliphatic imine (C=N–C) groups is 3. The Labute approximate surface area is 246 Å². The summed E-state index contributed by atoms with van der Waals surface area (Å²) in [7, 11) is 4.04. The number of hydrogen-bond donors (Lipinski definition) is 1. The van der Waals surface area contributed by atoms with E-state index >= 15 is 0 Å². The van der Waals surface area contributed by atoms with Gasteiger partial charge < -0.3 is 14.5 Å². The molecular weight excluding hydrogens is 532 g/mol. The van der Waals surface area contributed by atoms with Crippen LogP contribution in [-0.2, 0) is 19.8 Å². The molecule has 2 aromatic heterocycles. The molecule has 1 unspecified atom stereocenters. The average Bonchev–Trinajstić information content (AvgIpc) is 3.69. The van der Waals surface area contributed by atoms with E-state index in [9.17, 15) is 0 Å². The topological polar surface area (TPSA) is 83.7 Å². The predicted octanol–water partition coefficient (Wildman–Crippen LogP) is 5.32. The first kappa shape index (κ1) is 24.0. The van der Waals surface area contributed by atoms with Gasteiger partial charge in [0.05, 0.1) is 0 Å². The van der Waals surface area contributed by atoms with Crippen molar-refractivity contribution in [3.8, 4) is 0 Å². The molecule has 1 N–H and O–H groups in total. The molecule has 0 saturated carbocycles. The Balaban J connectivity index is 1.47. The van der Waals surface area contributed by atoms with Gasteiger partial charge in [-0.1, -0.05) is 97.1 Å². The van der Waals surface area contributed by atoms with Crippen LogP contribution in [0.4, 0.5) is 11.6 Å². The lowest BCUT2D eigenvalue weighted by Gasteiger charge is -2.21. The van der Waals surface area contributed by atoms with E-state index < -0.39 is 5.66 Å². The second kappa shape index (κ2) is 8.45. The second-order valence-electron chi connectivity index (χ2n) is 11.3. The van der Waals surface area contributed by atoms with Crippen LogP contribution in [-0.4, -0.2) is 26.6 Å². The summed E-state index contributed by atoms with van der Waals surface area (Å²) in [4.78, 5) is 26.1. The van der Waals surface area contributed by atoms with E-state index in [1.54, 1.807) is 0 Å². The lowest BCUT2D eigenvalue weighted by atomic mass is 10.0. The maximum Gasteiger partial charge on any atom is 0.164 e. The molecule has 0 radical (unpaired) electrons. The summed E-state index contributed by atoms with van der Waals surface area (Å²) in [6.45, 7) is 2.11. The van der Waals surface area contributed by atoms with E-state index in [2.05, 4.69) is 76.0 Å². The number of aromatic nitrogens is 2. The molecule has 3 aliphatic heterocycles. The summed E-state index contributed by atoms with van der Waals surface area (Å²) < 4.78 is 4.12. The molecule has 1 atom stereocenters. The molecule has 3 aliphatic rings. The van der Waals surface area contributed by atoms with Gasteiger partial charge in [-0.2, -0.15) is 0 Å². The third kappa shape index (κ3) is 3.28. The lowest BCUT2D eigenvalue weighted by Crippen LogP contribution is -2.38. The largest absolute Gasteiger partial charge is 0.342 e. The van der Waals surface area contributed by atoms with Crippen LogP contribution in [0.25, 0.3) is 21.5 Å². The Bertz CT molecular complexity index is 2420. The van der Waals surface area contributed by atoms with E-state index in [0.717, 1.165) is 72.2 Å². The molecule has 0 aliphatic carbocycles. The molecule has 43 heavy (non-hydrogen) atoms. The van der Waals surface area contributed by atoms with Gasteiger partial charge in [-0.15, -0.1) is 0 Å². The highest BCUT2D eigenvalue weighted by molar-refractivity contribution is 6.23. The molecule has 4 aromatic carbocycles. The van der Waals surface area contributed by atoms with Gasteiger partial charge >= 0.3 is 0 Å². The summed E-state index contributed by atoms with van der Waals surface area (Å²) in [6, 6.07) is 33.1. The summed E-state index contributed by atoms with van der Waals surface area (Å²) in [5.41, 5.74) is 4.87. The number of rotatable bonds is 0. The highest BCUT2D eigenvalue weighted by Crippen LogP contribution is 2.40. The lowest BCUT2D eigenvalue weighted by molar-refractivity contribution is 0.458. The van der Waals surface area contributed by atoms with Gasteiger partial charge in [0.1, 0.15) is 28.4 Å². The predicted molar refractivity (Wildman–Crippen MR) is 170 cm³/mol. The molecule has 8 nitrogen and oxygen atoms in total. The van der Waals surface area contributed by atoms with E-state index in [1.165, 1.54) is 0 Å². The van der Waals surface area contributed by atoms with Gasteiger partial charge in [0.2, 0.25) is 0 Å². The number of nitrogens with zero attached hydrogens (tertiary/aromatic N) is 7. The molecule has 0 amide bonds. The number of fused-ring (bicyclic) bond motifs is 19. The molecule has 0 fully saturated rings. The quantitative estimate of drug-likeness (QED) is 0.269. The number of amidine groups is 3. The Hall–Kier alpha value is -5.63. The Kier molecular flexibility index (Phi) is 4.72. The summed E-state index contributed by atoms with van der Waals surface area (Å²) in [5.74, 6) is 3.65. The SMILES string of the molecule is Cn1c2c3ccccc3c1/N=C1\NC(C)(/N=c3/c4ccccc4/c(n3C)=N/C3=NC(=N\2)/c2ccccc23)c2ccccc21. The van der Waals surface area contributed by atoms with Gasteiger partial charge in [-0.25, -0.2) is 25.0 Å². The molecule has 206 valence electrons. The minimum absolute atomic E-state index is 0.632. The highest BCUT2D eigenvalue weighted by atomic mass is 15.2. The first-order chi connectivity index (χ1) is 21.0. The van der Waals surface area contributed by atoms with E-state index in [-0.39, 0.29) is 0 Å². The Morgan fingerprint density at radius 1 is 0.535 bits per heavy atom. The van der Waals surface area contributed by atoms with Crippen LogP contribution in [0.2, 0.25) is 0 Å². The second-order valence-corrected chi connectivity index (χ2v) is 11.3. The molecule has 8 heteroatoms. The maximum absolute atomic E-state index is 5.43. The van der Waals surface area contributed by atoms with Gasteiger partial charge in [0.25, 0.3) is 0 Å². The molecule has 0 spiro atoms. The van der Waals surface area contributed by atoms with Crippen LogP contribution < -0.4 is 16.3 Å². The van der Waals surface area contributed by atoms with Crippen LogP contribution >= 0.6 is 0 Å². The van der Waals surface area contributed by atoms with Crippen molar-refractivity contribution in [1.29, 1.82) is 0 Å². The van der Waals surface area contributed by atoms with E-state index in [4.69, 9.17) is 25.0 Å². The number of benzene rings is 4. The third-order valence-electron chi connectivity index (χ3n) is 8.75. The van der Waals surface area contributed by atoms with Crippen LogP contribution in [0.3, 0.4) is 0 Å². The van der Waals surface area contributed by atoms with E-state index in [0.29, 0.717) is 11.7 Å². The van der Waals surface area contributed by atoms with Gasteiger partial charge in [-0.05, 0) is 6.92 Å². The minimum Gasteiger partial charge on any atom is -0.342 e. The zero-order chi connectivity index (χ0) is 28.9. The van der Waals surface area contributed by atoms with Crippen molar-refractivity contribution in [3.63, 3.8) is 0 Å². The fraction of sp³-hybridized carbons (Fsp3) is 0.114. The maximum atomic E-state index is 5.43. The standard InChI is InChI=1S/C35H26N8/c1-35-27-19-11-10-18-26(27)30(40-35)39-33-23-15-7-6-14-22(23)31(42(33)2)37-28-20-12-4-5-13-21(20)29(36-28)38-32-24-16-8-9-17-25(24)34(41-35)43(32)3/h4-19H,1-3H3,(H,39,40)/b37-28-,38-32-,41-34-. The average molecular weight is 559 g/mol. The zero-order valence-electron chi connectivity index (χ0n) is 23.9. The minimum atomic E-state index is -0.759.